The van der Waals surface area contributed by atoms with Gasteiger partial charge in [0.25, 0.3) is 5.91 Å². The second-order valence-corrected chi connectivity index (χ2v) is 7.70. The highest BCUT2D eigenvalue weighted by atomic mass is 16.4. The van der Waals surface area contributed by atoms with Crippen molar-refractivity contribution in [3.8, 4) is 0 Å². The normalized spacial score (nSPS) is 15.0. The largest absolute Gasteiger partial charge is 0.422 e. The van der Waals surface area contributed by atoms with E-state index in [1.807, 2.05) is 48.5 Å². The molecule has 1 aromatic heterocycles. The molecule has 150 valence electrons. The summed E-state index contributed by atoms with van der Waals surface area (Å²) in [7, 11) is 0. The molecule has 5 rings (SSSR count). The smallest absolute Gasteiger partial charge is 0.349 e. The monoisotopic (exact) mass is 398 g/mol. The highest BCUT2D eigenvalue weighted by Crippen LogP contribution is 2.25. The Morgan fingerprint density at radius 2 is 1.57 bits per heavy atom. The number of hydrogen-bond donors (Lipinski definition) is 0. The van der Waals surface area contributed by atoms with E-state index in [0.717, 1.165) is 35.8 Å². The summed E-state index contributed by atoms with van der Waals surface area (Å²) in [5.74, 6) is -0.252. The zero-order chi connectivity index (χ0) is 20.5. The molecule has 0 aliphatic carbocycles. The molecule has 0 radical (unpaired) electrons. The van der Waals surface area contributed by atoms with Gasteiger partial charge >= 0.3 is 5.63 Å². The molecule has 2 heterocycles. The van der Waals surface area contributed by atoms with Gasteiger partial charge in [-0.2, -0.15) is 0 Å². The first kappa shape index (κ1) is 18.6. The minimum atomic E-state index is -0.575. The lowest BCUT2D eigenvalue weighted by Crippen LogP contribution is -2.49. The van der Waals surface area contributed by atoms with E-state index in [1.54, 1.807) is 17.0 Å². The van der Waals surface area contributed by atoms with Gasteiger partial charge in [-0.1, -0.05) is 60.7 Å². The number of amides is 1. The van der Waals surface area contributed by atoms with Crippen molar-refractivity contribution in [2.75, 3.05) is 26.2 Å². The zero-order valence-corrected chi connectivity index (χ0v) is 16.6. The number of carbonyl (C=O) groups is 1. The fraction of sp³-hybridized carbons (Fsp3) is 0.200. The molecule has 0 saturated carbocycles. The van der Waals surface area contributed by atoms with E-state index >= 15 is 0 Å². The van der Waals surface area contributed by atoms with Crippen LogP contribution in [0.15, 0.2) is 82.0 Å². The van der Waals surface area contributed by atoms with Gasteiger partial charge < -0.3 is 9.32 Å². The van der Waals surface area contributed by atoms with Crippen molar-refractivity contribution in [3.63, 3.8) is 0 Å². The molecule has 5 nitrogen and oxygen atoms in total. The standard InChI is InChI=1S/C25H22N2O3/c28-24(27-14-12-26(13-15-27)17-18-6-2-1-3-7-18)22-16-21-20-9-5-4-8-19(20)10-11-23(21)30-25(22)29/h1-11,16H,12-15,17H2. The molecule has 1 aliphatic rings. The average Bonchev–Trinajstić information content (AvgIpc) is 2.79. The molecule has 1 amide bonds. The van der Waals surface area contributed by atoms with E-state index in [-0.39, 0.29) is 11.5 Å². The van der Waals surface area contributed by atoms with Gasteiger partial charge in [0.05, 0.1) is 0 Å². The van der Waals surface area contributed by atoms with Crippen LogP contribution < -0.4 is 5.63 Å². The number of benzene rings is 3. The molecule has 1 saturated heterocycles. The van der Waals surface area contributed by atoms with Crippen molar-refractivity contribution in [1.29, 1.82) is 0 Å². The summed E-state index contributed by atoms with van der Waals surface area (Å²) < 4.78 is 5.50. The van der Waals surface area contributed by atoms with Gasteiger partial charge in [-0.25, -0.2) is 4.79 Å². The topological polar surface area (TPSA) is 53.8 Å². The number of piperazine rings is 1. The first-order valence-electron chi connectivity index (χ1n) is 10.2. The molecule has 30 heavy (non-hydrogen) atoms. The number of hydrogen-bond acceptors (Lipinski definition) is 4. The third-order valence-electron chi connectivity index (χ3n) is 5.78. The van der Waals surface area contributed by atoms with Crippen molar-refractivity contribution < 1.29 is 9.21 Å². The van der Waals surface area contributed by atoms with E-state index < -0.39 is 5.63 Å². The van der Waals surface area contributed by atoms with Gasteiger partial charge in [0, 0.05) is 38.1 Å². The van der Waals surface area contributed by atoms with Crippen LogP contribution in [-0.4, -0.2) is 41.9 Å². The molecule has 0 spiro atoms. The minimum Gasteiger partial charge on any atom is -0.422 e. The van der Waals surface area contributed by atoms with Crippen molar-refractivity contribution in [2.45, 2.75) is 6.54 Å². The van der Waals surface area contributed by atoms with Crippen LogP contribution in [0.4, 0.5) is 0 Å². The van der Waals surface area contributed by atoms with Crippen LogP contribution in [0, 0.1) is 0 Å². The third kappa shape index (κ3) is 3.48. The molecule has 4 aromatic rings. The predicted octanol–water partition coefficient (Wildman–Crippen LogP) is 3.90. The van der Waals surface area contributed by atoms with Crippen LogP contribution >= 0.6 is 0 Å². The molecule has 0 N–H and O–H groups in total. The van der Waals surface area contributed by atoms with E-state index in [2.05, 4.69) is 17.0 Å². The summed E-state index contributed by atoms with van der Waals surface area (Å²) in [5, 5.41) is 2.81. The van der Waals surface area contributed by atoms with Crippen LogP contribution in [0.3, 0.4) is 0 Å². The fourth-order valence-electron chi connectivity index (χ4n) is 4.14. The molecular weight excluding hydrogens is 376 g/mol. The van der Waals surface area contributed by atoms with Gasteiger partial charge in [-0.3, -0.25) is 9.69 Å². The van der Waals surface area contributed by atoms with Gasteiger partial charge in [0.1, 0.15) is 11.1 Å². The zero-order valence-electron chi connectivity index (χ0n) is 16.6. The van der Waals surface area contributed by atoms with Crippen LogP contribution in [0.5, 0.6) is 0 Å². The number of nitrogens with zero attached hydrogens (tertiary/aromatic N) is 2. The maximum absolute atomic E-state index is 13.1. The Labute approximate surface area is 174 Å². The molecule has 0 atom stereocenters. The summed E-state index contributed by atoms with van der Waals surface area (Å²) in [5.41, 5.74) is 1.30. The van der Waals surface area contributed by atoms with Crippen LogP contribution in [0.2, 0.25) is 0 Å². The lowest BCUT2D eigenvalue weighted by Gasteiger charge is -2.34. The summed E-state index contributed by atoms with van der Waals surface area (Å²) in [6.45, 7) is 3.62. The van der Waals surface area contributed by atoms with Crippen molar-refractivity contribution in [1.82, 2.24) is 9.80 Å². The molecule has 1 fully saturated rings. The van der Waals surface area contributed by atoms with Crippen LogP contribution in [-0.2, 0) is 6.54 Å². The lowest BCUT2D eigenvalue weighted by atomic mass is 10.0. The maximum atomic E-state index is 13.1. The highest BCUT2D eigenvalue weighted by Gasteiger charge is 2.25. The second-order valence-electron chi connectivity index (χ2n) is 7.70. The maximum Gasteiger partial charge on any atom is 0.349 e. The molecule has 3 aromatic carbocycles. The number of fused-ring (bicyclic) bond motifs is 3. The Morgan fingerprint density at radius 1 is 0.833 bits per heavy atom. The SMILES string of the molecule is O=C(c1cc2c(ccc3ccccc32)oc1=O)N1CCN(Cc2ccccc2)CC1. The molecular formula is C25H22N2O3. The van der Waals surface area contributed by atoms with E-state index in [4.69, 9.17) is 4.42 Å². The molecule has 0 bridgehead atoms. The number of carbonyl (C=O) groups excluding carboxylic acids is 1. The Balaban J connectivity index is 1.38. The van der Waals surface area contributed by atoms with Gasteiger partial charge in [-0.05, 0) is 28.5 Å². The number of rotatable bonds is 3. The molecule has 5 heteroatoms. The quantitative estimate of drug-likeness (QED) is 0.388. The Bertz CT molecular complexity index is 1270. The molecule has 1 aliphatic heterocycles. The third-order valence-corrected chi connectivity index (χ3v) is 5.78. The van der Waals surface area contributed by atoms with Crippen LogP contribution in [0.1, 0.15) is 15.9 Å². The summed E-state index contributed by atoms with van der Waals surface area (Å²) in [4.78, 5) is 29.7. The van der Waals surface area contributed by atoms with E-state index in [9.17, 15) is 9.59 Å². The van der Waals surface area contributed by atoms with Gasteiger partial charge in [0.2, 0.25) is 0 Å². The van der Waals surface area contributed by atoms with Crippen LogP contribution in [0.25, 0.3) is 21.7 Å². The lowest BCUT2D eigenvalue weighted by molar-refractivity contribution is 0.0624. The first-order chi connectivity index (χ1) is 14.7. The van der Waals surface area contributed by atoms with Crippen molar-refractivity contribution in [2.24, 2.45) is 0 Å². The van der Waals surface area contributed by atoms with E-state index in [1.165, 1.54) is 5.56 Å². The van der Waals surface area contributed by atoms with Crippen molar-refractivity contribution in [3.05, 3.63) is 94.3 Å². The fourth-order valence-corrected chi connectivity index (χ4v) is 4.14. The van der Waals surface area contributed by atoms with Gasteiger partial charge in [-0.15, -0.1) is 0 Å². The first-order valence-corrected chi connectivity index (χ1v) is 10.2. The molecule has 0 unspecified atom stereocenters. The Morgan fingerprint density at radius 3 is 2.37 bits per heavy atom. The average molecular weight is 398 g/mol. The van der Waals surface area contributed by atoms with E-state index in [0.29, 0.717) is 18.7 Å². The highest BCUT2D eigenvalue weighted by molar-refractivity contribution is 6.07. The summed E-state index contributed by atoms with van der Waals surface area (Å²) in [6, 6.07) is 23.6. The minimum absolute atomic E-state index is 0.107. The second kappa shape index (κ2) is 7.76. The Kier molecular flexibility index (Phi) is 4.81. The van der Waals surface area contributed by atoms with Gasteiger partial charge in [0.15, 0.2) is 0 Å². The Hall–Kier alpha value is -3.44. The van der Waals surface area contributed by atoms with Crippen molar-refractivity contribution >= 4 is 27.6 Å². The predicted molar refractivity (Wildman–Crippen MR) is 118 cm³/mol. The summed E-state index contributed by atoms with van der Waals surface area (Å²) in [6.07, 6.45) is 0. The summed E-state index contributed by atoms with van der Waals surface area (Å²) >= 11 is 0.